The molecule has 2 aromatic heterocycles. The number of aromatic nitrogens is 1. The summed E-state index contributed by atoms with van der Waals surface area (Å²) in [6.07, 6.45) is 1.98. The molecule has 0 fully saturated rings. The fourth-order valence-electron chi connectivity index (χ4n) is 2.27. The molecule has 2 heteroatoms. The van der Waals surface area contributed by atoms with E-state index in [9.17, 15) is 0 Å². The monoisotopic (exact) mass is 248 g/mol. The predicted octanol–water partition coefficient (Wildman–Crippen LogP) is 4.85. The summed E-state index contributed by atoms with van der Waals surface area (Å²) >= 11 is 1.83. The summed E-state index contributed by atoms with van der Waals surface area (Å²) in [5.41, 5.74) is 2.46. The zero-order valence-electron chi connectivity index (χ0n) is 9.60. The first-order chi connectivity index (χ1) is 8.90. The second kappa shape index (κ2) is 3.72. The van der Waals surface area contributed by atoms with Crippen molar-refractivity contribution in [3.63, 3.8) is 0 Å². The topological polar surface area (TPSA) is 15.8 Å². The molecule has 0 saturated heterocycles. The van der Waals surface area contributed by atoms with Gasteiger partial charge in [0.25, 0.3) is 0 Å². The quantitative estimate of drug-likeness (QED) is 0.495. The van der Waals surface area contributed by atoms with Crippen LogP contribution in [0.3, 0.4) is 0 Å². The Labute approximate surface area is 109 Å². The minimum absolute atomic E-state index is 1.19. The molecule has 0 saturated carbocycles. The normalized spacial score (nSPS) is 11.3. The van der Waals surface area contributed by atoms with Crippen LogP contribution in [0.5, 0.6) is 0 Å². The maximum absolute atomic E-state index is 3.26. The number of aromatic amines is 1. The van der Waals surface area contributed by atoms with E-state index in [1.807, 2.05) is 29.7 Å². The Kier molecular flexibility index (Phi) is 2.05. The van der Waals surface area contributed by atoms with Gasteiger partial charge >= 0.3 is 0 Å². The van der Waals surface area contributed by atoms with Gasteiger partial charge < -0.3 is 4.98 Å². The summed E-state index contributed by atoms with van der Waals surface area (Å²) in [7, 11) is 0. The third-order valence-electron chi connectivity index (χ3n) is 3.20. The molecule has 85 valence electrons. The molecule has 1 nitrogen and oxygen atoms in total. The average molecular weight is 248 g/mol. The molecular formula is C16H10NS. The molecule has 4 rings (SSSR count). The number of thiophene rings is 1. The lowest BCUT2D eigenvalue weighted by atomic mass is 10.1. The van der Waals surface area contributed by atoms with Crippen molar-refractivity contribution in [3.8, 4) is 10.4 Å². The lowest BCUT2D eigenvalue weighted by Gasteiger charge is -1.97. The average Bonchev–Trinajstić information content (AvgIpc) is 3.04. The Hall–Kier alpha value is -2.06. The fraction of sp³-hybridized carbons (Fsp3) is 0. The highest BCUT2D eigenvalue weighted by Gasteiger charge is 2.05. The zero-order valence-corrected chi connectivity index (χ0v) is 10.4. The Bertz CT molecular complexity index is 805. The highest BCUT2D eigenvalue weighted by Crippen LogP contribution is 2.34. The molecule has 0 amide bonds. The maximum atomic E-state index is 3.26. The molecule has 0 aliphatic heterocycles. The third kappa shape index (κ3) is 1.46. The summed E-state index contributed by atoms with van der Waals surface area (Å²) in [6, 6.07) is 20.2. The summed E-state index contributed by atoms with van der Waals surface area (Å²) < 4.78 is 1.32. The molecule has 18 heavy (non-hydrogen) atoms. The SMILES string of the molecule is [c]1ccc2sc(-c3ccc4cc[nH]c4c3)cc2c1. The van der Waals surface area contributed by atoms with Crippen molar-refractivity contribution < 1.29 is 0 Å². The van der Waals surface area contributed by atoms with Crippen molar-refractivity contribution in [2.75, 3.05) is 0 Å². The first kappa shape index (κ1) is 9.92. The van der Waals surface area contributed by atoms with Crippen LogP contribution in [-0.2, 0) is 0 Å². The van der Waals surface area contributed by atoms with Gasteiger partial charge in [-0.05, 0) is 52.7 Å². The standard InChI is InChI=1S/C16H10NS/c1-2-4-15-12(3-1)10-16(18-15)13-6-5-11-7-8-17-14(11)9-13/h2-10,17H. The largest absolute Gasteiger partial charge is 0.361 e. The number of hydrogen-bond donors (Lipinski definition) is 1. The molecule has 0 atom stereocenters. The minimum atomic E-state index is 1.19. The van der Waals surface area contributed by atoms with E-state index >= 15 is 0 Å². The number of H-pyrrole nitrogens is 1. The van der Waals surface area contributed by atoms with Crippen LogP contribution in [-0.4, -0.2) is 4.98 Å². The van der Waals surface area contributed by atoms with E-state index in [4.69, 9.17) is 0 Å². The van der Waals surface area contributed by atoms with E-state index in [0.717, 1.165) is 0 Å². The predicted molar refractivity (Wildman–Crippen MR) is 78.0 cm³/mol. The first-order valence-corrected chi connectivity index (χ1v) is 6.69. The Morgan fingerprint density at radius 3 is 2.94 bits per heavy atom. The van der Waals surface area contributed by atoms with Gasteiger partial charge in [-0.3, -0.25) is 0 Å². The van der Waals surface area contributed by atoms with Crippen LogP contribution in [0.25, 0.3) is 31.4 Å². The maximum Gasteiger partial charge on any atom is 0.0460 e. The summed E-state index contributed by atoms with van der Waals surface area (Å²) in [4.78, 5) is 4.57. The second-order valence-corrected chi connectivity index (χ2v) is 5.44. The van der Waals surface area contributed by atoms with Crippen LogP contribution in [0.2, 0.25) is 0 Å². The molecule has 0 aliphatic carbocycles. The van der Waals surface area contributed by atoms with Crippen LogP contribution < -0.4 is 0 Å². The van der Waals surface area contributed by atoms with Crippen molar-refractivity contribution >= 4 is 32.3 Å². The third-order valence-corrected chi connectivity index (χ3v) is 4.37. The highest BCUT2D eigenvalue weighted by molar-refractivity contribution is 7.22. The molecule has 2 aromatic carbocycles. The Morgan fingerprint density at radius 1 is 1.00 bits per heavy atom. The molecule has 0 spiro atoms. The Morgan fingerprint density at radius 2 is 2.00 bits per heavy atom. The fourth-order valence-corrected chi connectivity index (χ4v) is 3.31. The molecule has 0 aliphatic rings. The van der Waals surface area contributed by atoms with E-state index in [-0.39, 0.29) is 0 Å². The molecule has 1 radical (unpaired) electrons. The van der Waals surface area contributed by atoms with Gasteiger partial charge in [-0.2, -0.15) is 0 Å². The van der Waals surface area contributed by atoms with Crippen molar-refractivity contribution in [2.45, 2.75) is 0 Å². The number of hydrogen-bond acceptors (Lipinski definition) is 1. The lowest BCUT2D eigenvalue weighted by Crippen LogP contribution is -1.72. The minimum Gasteiger partial charge on any atom is -0.361 e. The Balaban J connectivity index is 1.94. The molecule has 1 N–H and O–H groups in total. The van der Waals surface area contributed by atoms with Gasteiger partial charge in [0.05, 0.1) is 0 Å². The van der Waals surface area contributed by atoms with Gasteiger partial charge in [0.1, 0.15) is 0 Å². The number of fused-ring (bicyclic) bond motifs is 2. The number of nitrogens with one attached hydrogen (secondary N) is 1. The molecular weight excluding hydrogens is 238 g/mol. The van der Waals surface area contributed by atoms with Gasteiger partial charge in [0.2, 0.25) is 0 Å². The number of benzene rings is 2. The van der Waals surface area contributed by atoms with Crippen molar-refractivity contribution in [2.24, 2.45) is 0 Å². The summed E-state index contributed by atoms with van der Waals surface area (Å²) in [5, 5.41) is 2.53. The van der Waals surface area contributed by atoms with Crippen LogP contribution in [0, 0.1) is 6.07 Å². The van der Waals surface area contributed by atoms with Crippen LogP contribution >= 0.6 is 11.3 Å². The molecule has 2 heterocycles. The van der Waals surface area contributed by atoms with Crippen LogP contribution in [0.1, 0.15) is 0 Å². The summed E-state index contributed by atoms with van der Waals surface area (Å²) in [6.45, 7) is 0. The van der Waals surface area contributed by atoms with E-state index in [0.29, 0.717) is 0 Å². The lowest BCUT2D eigenvalue weighted by molar-refractivity contribution is 1.48. The molecule has 0 bridgehead atoms. The number of rotatable bonds is 1. The van der Waals surface area contributed by atoms with Gasteiger partial charge in [-0.15, -0.1) is 11.3 Å². The highest BCUT2D eigenvalue weighted by atomic mass is 32.1. The second-order valence-electron chi connectivity index (χ2n) is 4.35. The van der Waals surface area contributed by atoms with Gasteiger partial charge in [-0.25, -0.2) is 0 Å². The summed E-state index contributed by atoms with van der Waals surface area (Å²) in [5.74, 6) is 0. The van der Waals surface area contributed by atoms with Crippen LogP contribution in [0.4, 0.5) is 0 Å². The van der Waals surface area contributed by atoms with Gasteiger partial charge in [-0.1, -0.05) is 18.2 Å². The molecule has 0 unspecified atom stereocenters. The first-order valence-electron chi connectivity index (χ1n) is 5.87. The van der Waals surface area contributed by atoms with Crippen molar-refractivity contribution in [1.82, 2.24) is 4.98 Å². The van der Waals surface area contributed by atoms with Crippen molar-refractivity contribution in [1.29, 1.82) is 0 Å². The zero-order chi connectivity index (χ0) is 11.9. The smallest absolute Gasteiger partial charge is 0.0460 e. The van der Waals surface area contributed by atoms with Crippen LogP contribution in [0.15, 0.2) is 54.7 Å². The van der Waals surface area contributed by atoms with E-state index in [1.54, 1.807) is 0 Å². The van der Waals surface area contributed by atoms with Gasteiger partial charge in [0.15, 0.2) is 0 Å². The van der Waals surface area contributed by atoms with E-state index in [2.05, 4.69) is 47.4 Å². The van der Waals surface area contributed by atoms with Gasteiger partial charge in [0, 0.05) is 21.3 Å². The molecule has 4 aromatic rings. The van der Waals surface area contributed by atoms with E-state index in [1.165, 1.54) is 31.4 Å². The van der Waals surface area contributed by atoms with E-state index < -0.39 is 0 Å². The van der Waals surface area contributed by atoms with Crippen molar-refractivity contribution in [3.05, 3.63) is 60.8 Å².